The number of rotatable bonds is 2. The molecule has 17 heavy (non-hydrogen) atoms. The molecule has 1 amide bonds. The number of halogens is 1. The van der Waals surface area contributed by atoms with Crippen molar-refractivity contribution in [3.8, 4) is 0 Å². The third-order valence-corrected chi connectivity index (χ3v) is 3.70. The molecule has 88 valence electrons. The zero-order valence-corrected chi connectivity index (χ0v) is 10.7. The number of para-hydroxylation sites is 1. The molecule has 0 atom stereocenters. The van der Waals surface area contributed by atoms with Crippen LogP contribution in [0.3, 0.4) is 0 Å². The van der Waals surface area contributed by atoms with Gasteiger partial charge in [0.05, 0.1) is 15.6 Å². The Labute approximate surface area is 108 Å². The summed E-state index contributed by atoms with van der Waals surface area (Å²) in [5.74, 6) is -0.192. The second-order valence-electron chi connectivity index (χ2n) is 3.56. The number of anilines is 2. The van der Waals surface area contributed by atoms with E-state index in [2.05, 4.69) is 5.32 Å². The summed E-state index contributed by atoms with van der Waals surface area (Å²) < 4.78 is 0. The predicted octanol–water partition coefficient (Wildman–Crippen LogP) is 3.54. The first-order valence-corrected chi connectivity index (χ1v) is 6.19. The molecule has 0 spiro atoms. The summed E-state index contributed by atoms with van der Waals surface area (Å²) in [5.41, 5.74) is 6.95. The Morgan fingerprint density at radius 2 is 2.12 bits per heavy atom. The summed E-state index contributed by atoms with van der Waals surface area (Å²) in [6, 6.07) is 8.78. The summed E-state index contributed by atoms with van der Waals surface area (Å²) in [6.07, 6.45) is 0. The van der Waals surface area contributed by atoms with Gasteiger partial charge in [0.1, 0.15) is 0 Å². The van der Waals surface area contributed by atoms with Gasteiger partial charge in [0, 0.05) is 10.6 Å². The third-order valence-electron chi connectivity index (χ3n) is 2.30. The molecule has 3 nitrogen and oxygen atoms in total. The zero-order valence-electron chi connectivity index (χ0n) is 9.16. The SMILES string of the molecule is Cc1sc(C(=O)Nc2ccccc2Cl)cc1N. The van der Waals surface area contributed by atoms with Gasteiger partial charge in [0.25, 0.3) is 5.91 Å². The standard InChI is InChI=1S/C12H11ClN2OS/c1-7-9(14)6-11(17-7)12(16)15-10-5-3-2-4-8(10)13/h2-6H,14H2,1H3,(H,15,16). The van der Waals surface area contributed by atoms with E-state index in [1.807, 2.05) is 19.1 Å². The Bertz CT molecular complexity index is 546. The van der Waals surface area contributed by atoms with Crippen LogP contribution >= 0.6 is 22.9 Å². The van der Waals surface area contributed by atoms with E-state index in [4.69, 9.17) is 17.3 Å². The lowest BCUT2D eigenvalue weighted by atomic mass is 10.3. The van der Waals surface area contributed by atoms with E-state index < -0.39 is 0 Å². The van der Waals surface area contributed by atoms with Crippen molar-refractivity contribution in [3.05, 3.63) is 45.1 Å². The highest BCUT2D eigenvalue weighted by atomic mass is 35.5. The maximum absolute atomic E-state index is 11.9. The first kappa shape index (κ1) is 12.0. The molecular weight excluding hydrogens is 256 g/mol. The lowest BCUT2D eigenvalue weighted by Crippen LogP contribution is -2.10. The van der Waals surface area contributed by atoms with E-state index in [0.717, 1.165) is 4.88 Å². The van der Waals surface area contributed by atoms with Gasteiger partial charge >= 0.3 is 0 Å². The first-order valence-electron chi connectivity index (χ1n) is 4.99. The maximum Gasteiger partial charge on any atom is 0.265 e. The number of nitrogens with two attached hydrogens (primary N) is 1. The van der Waals surface area contributed by atoms with Crippen molar-refractivity contribution < 1.29 is 4.79 Å². The molecule has 0 unspecified atom stereocenters. The van der Waals surface area contributed by atoms with Gasteiger partial charge in [0.2, 0.25) is 0 Å². The molecule has 1 aromatic heterocycles. The highest BCUT2D eigenvalue weighted by Gasteiger charge is 2.12. The normalized spacial score (nSPS) is 10.2. The van der Waals surface area contributed by atoms with Crippen molar-refractivity contribution in [2.24, 2.45) is 0 Å². The van der Waals surface area contributed by atoms with Crippen molar-refractivity contribution in [3.63, 3.8) is 0 Å². The molecule has 0 fully saturated rings. The number of aryl methyl sites for hydroxylation is 1. The van der Waals surface area contributed by atoms with Gasteiger partial charge in [-0.25, -0.2) is 0 Å². The second kappa shape index (κ2) is 4.77. The van der Waals surface area contributed by atoms with Crippen LogP contribution in [0, 0.1) is 6.92 Å². The molecule has 0 saturated carbocycles. The van der Waals surface area contributed by atoms with E-state index in [1.54, 1.807) is 18.2 Å². The molecular formula is C12H11ClN2OS. The van der Waals surface area contributed by atoms with E-state index in [9.17, 15) is 4.79 Å². The summed E-state index contributed by atoms with van der Waals surface area (Å²) in [6.45, 7) is 1.88. The van der Waals surface area contributed by atoms with Crippen molar-refractivity contribution >= 4 is 40.2 Å². The number of amides is 1. The smallest absolute Gasteiger partial charge is 0.265 e. The number of nitrogen functional groups attached to an aromatic ring is 1. The number of benzene rings is 1. The Hall–Kier alpha value is -1.52. The average molecular weight is 267 g/mol. The van der Waals surface area contributed by atoms with Crippen LogP contribution in [0.1, 0.15) is 14.5 Å². The molecule has 5 heteroatoms. The maximum atomic E-state index is 11.9. The summed E-state index contributed by atoms with van der Waals surface area (Å²) in [7, 11) is 0. The van der Waals surface area contributed by atoms with Gasteiger partial charge in [-0.3, -0.25) is 4.79 Å². The van der Waals surface area contributed by atoms with Crippen LogP contribution in [0.25, 0.3) is 0 Å². The van der Waals surface area contributed by atoms with Crippen LogP contribution in [-0.2, 0) is 0 Å². The Morgan fingerprint density at radius 1 is 1.41 bits per heavy atom. The van der Waals surface area contributed by atoms with Crippen LogP contribution in [0.5, 0.6) is 0 Å². The lowest BCUT2D eigenvalue weighted by Gasteiger charge is -2.04. The molecule has 2 rings (SSSR count). The Kier molecular flexibility index (Phi) is 3.36. The lowest BCUT2D eigenvalue weighted by molar-refractivity contribution is 0.103. The van der Waals surface area contributed by atoms with E-state index in [-0.39, 0.29) is 5.91 Å². The fraction of sp³-hybridized carbons (Fsp3) is 0.0833. The Morgan fingerprint density at radius 3 is 2.71 bits per heavy atom. The monoisotopic (exact) mass is 266 g/mol. The van der Waals surface area contributed by atoms with Gasteiger partial charge < -0.3 is 11.1 Å². The van der Waals surface area contributed by atoms with Gasteiger partial charge in [-0.15, -0.1) is 11.3 Å². The second-order valence-corrected chi connectivity index (χ2v) is 5.22. The largest absolute Gasteiger partial charge is 0.398 e. The quantitative estimate of drug-likeness (QED) is 0.873. The van der Waals surface area contributed by atoms with Crippen LogP contribution in [0.4, 0.5) is 11.4 Å². The third kappa shape index (κ3) is 2.60. The summed E-state index contributed by atoms with van der Waals surface area (Å²) >= 11 is 7.32. The molecule has 0 aliphatic carbocycles. The van der Waals surface area contributed by atoms with Crippen LogP contribution in [0.15, 0.2) is 30.3 Å². The van der Waals surface area contributed by atoms with Gasteiger partial charge in [-0.2, -0.15) is 0 Å². The molecule has 1 heterocycles. The fourth-order valence-electron chi connectivity index (χ4n) is 1.35. The van der Waals surface area contributed by atoms with Crippen molar-refractivity contribution in [1.29, 1.82) is 0 Å². The number of thiophene rings is 1. The molecule has 0 bridgehead atoms. The highest BCUT2D eigenvalue weighted by molar-refractivity contribution is 7.14. The van der Waals surface area contributed by atoms with Crippen molar-refractivity contribution in [2.45, 2.75) is 6.92 Å². The molecule has 1 aromatic carbocycles. The van der Waals surface area contributed by atoms with E-state index in [0.29, 0.717) is 21.3 Å². The highest BCUT2D eigenvalue weighted by Crippen LogP contribution is 2.26. The first-order chi connectivity index (χ1) is 8.08. The topological polar surface area (TPSA) is 55.1 Å². The molecule has 2 aromatic rings. The molecule has 0 aliphatic rings. The number of hydrogen-bond acceptors (Lipinski definition) is 3. The number of hydrogen-bond donors (Lipinski definition) is 2. The fourth-order valence-corrected chi connectivity index (χ4v) is 2.37. The van der Waals surface area contributed by atoms with Gasteiger partial charge in [-0.1, -0.05) is 23.7 Å². The Balaban J connectivity index is 2.20. The van der Waals surface area contributed by atoms with E-state index in [1.165, 1.54) is 11.3 Å². The van der Waals surface area contributed by atoms with Crippen LogP contribution in [-0.4, -0.2) is 5.91 Å². The van der Waals surface area contributed by atoms with Gasteiger partial charge in [-0.05, 0) is 25.1 Å². The summed E-state index contributed by atoms with van der Waals surface area (Å²) in [4.78, 5) is 13.4. The van der Waals surface area contributed by atoms with E-state index >= 15 is 0 Å². The number of nitrogens with one attached hydrogen (secondary N) is 1. The minimum absolute atomic E-state index is 0.192. The van der Waals surface area contributed by atoms with Crippen LogP contribution in [0.2, 0.25) is 5.02 Å². The van der Waals surface area contributed by atoms with Crippen molar-refractivity contribution in [1.82, 2.24) is 0 Å². The molecule has 0 radical (unpaired) electrons. The van der Waals surface area contributed by atoms with Crippen LogP contribution < -0.4 is 11.1 Å². The van der Waals surface area contributed by atoms with Crippen molar-refractivity contribution in [2.75, 3.05) is 11.1 Å². The minimum Gasteiger partial charge on any atom is -0.398 e. The average Bonchev–Trinajstić information content (AvgIpc) is 2.63. The molecule has 0 saturated heterocycles. The molecule has 0 aliphatic heterocycles. The molecule has 3 N–H and O–H groups in total. The minimum atomic E-state index is -0.192. The summed E-state index contributed by atoms with van der Waals surface area (Å²) in [5, 5.41) is 3.27. The van der Waals surface area contributed by atoms with Gasteiger partial charge in [0.15, 0.2) is 0 Å². The number of carbonyl (C=O) groups is 1. The predicted molar refractivity (Wildman–Crippen MR) is 72.9 cm³/mol. The zero-order chi connectivity index (χ0) is 12.4. The number of carbonyl (C=O) groups excluding carboxylic acids is 1.